The van der Waals surface area contributed by atoms with Gasteiger partial charge in [0.15, 0.2) is 0 Å². The van der Waals surface area contributed by atoms with Crippen molar-refractivity contribution < 1.29 is 0 Å². The Morgan fingerprint density at radius 2 is 1.68 bits per heavy atom. The van der Waals surface area contributed by atoms with Gasteiger partial charge in [-0.05, 0) is 60.0 Å². The highest BCUT2D eigenvalue weighted by molar-refractivity contribution is 5.97. The minimum absolute atomic E-state index is 0.941. The number of fused-ring (bicyclic) bond motifs is 1. The van der Waals surface area contributed by atoms with E-state index >= 15 is 0 Å². The number of hydrogen-bond acceptors (Lipinski definition) is 1. The molecule has 0 spiro atoms. The first kappa shape index (κ1) is 16.8. The Hall–Kier alpha value is -3.06. The first-order valence-corrected chi connectivity index (χ1v) is 8.48. The van der Waals surface area contributed by atoms with Gasteiger partial charge in [-0.15, -0.1) is 0 Å². The zero-order valence-corrected chi connectivity index (χ0v) is 14.9. The maximum absolute atomic E-state index is 4.13. The molecule has 0 heterocycles. The van der Waals surface area contributed by atoms with Gasteiger partial charge in [0.05, 0.1) is 0 Å². The van der Waals surface area contributed by atoms with Gasteiger partial charge in [0.25, 0.3) is 0 Å². The predicted molar refractivity (Wildman–Crippen MR) is 111 cm³/mol. The van der Waals surface area contributed by atoms with Crippen LogP contribution in [0.4, 0.5) is 11.4 Å². The molecule has 0 unspecified atom stereocenters. The van der Waals surface area contributed by atoms with Crippen LogP contribution in [-0.2, 0) is 0 Å². The third-order valence-corrected chi connectivity index (χ3v) is 4.50. The van der Waals surface area contributed by atoms with E-state index in [9.17, 15) is 0 Å². The maximum Gasteiger partial charge on any atom is 0.0464 e. The molecule has 0 saturated heterocycles. The second-order valence-electron chi connectivity index (χ2n) is 6.04. The van der Waals surface area contributed by atoms with Crippen LogP contribution in [0.5, 0.6) is 0 Å². The van der Waals surface area contributed by atoms with Crippen LogP contribution in [0.25, 0.3) is 16.3 Å². The molecule has 0 aliphatic heterocycles. The Morgan fingerprint density at radius 1 is 0.920 bits per heavy atom. The molecule has 0 atom stereocenters. The first-order valence-electron chi connectivity index (χ1n) is 8.48. The zero-order valence-electron chi connectivity index (χ0n) is 14.9. The van der Waals surface area contributed by atoms with Crippen molar-refractivity contribution in [2.75, 3.05) is 4.90 Å². The lowest BCUT2D eigenvalue weighted by Crippen LogP contribution is -2.14. The summed E-state index contributed by atoms with van der Waals surface area (Å²) < 4.78 is 0. The molecule has 3 rings (SSSR count). The van der Waals surface area contributed by atoms with Crippen LogP contribution >= 0.6 is 0 Å². The molecule has 0 N–H and O–H groups in total. The Kier molecular flexibility index (Phi) is 4.85. The van der Waals surface area contributed by atoms with Gasteiger partial charge in [-0.1, -0.05) is 67.8 Å². The van der Waals surface area contributed by atoms with Gasteiger partial charge in [-0.25, -0.2) is 0 Å². The van der Waals surface area contributed by atoms with Gasteiger partial charge in [-0.2, -0.15) is 0 Å². The van der Waals surface area contributed by atoms with E-state index in [2.05, 4.69) is 98.6 Å². The van der Waals surface area contributed by atoms with Crippen LogP contribution in [-0.4, -0.2) is 0 Å². The molecule has 124 valence electrons. The van der Waals surface area contributed by atoms with E-state index in [1.54, 1.807) is 0 Å². The summed E-state index contributed by atoms with van der Waals surface area (Å²) in [6.07, 6.45) is 3.94. The Morgan fingerprint density at radius 3 is 2.36 bits per heavy atom. The molecule has 0 aliphatic carbocycles. The summed E-state index contributed by atoms with van der Waals surface area (Å²) in [4.78, 5) is 2.27. The lowest BCUT2D eigenvalue weighted by atomic mass is 9.98. The molecule has 0 radical (unpaired) electrons. The molecule has 0 bridgehead atoms. The van der Waals surface area contributed by atoms with Crippen molar-refractivity contribution in [1.29, 1.82) is 0 Å². The summed E-state index contributed by atoms with van der Waals surface area (Å²) in [5, 5.41) is 2.39. The SMILES string of the molecule is C=CC(=C)c1cccc2ccc(N(C(C)=CC)c3ccccc3)cc12. The van der Waals surface area contributed by atoms with Gasteiger partial charge < -0.3 is 4.90 Å². The summed E-state index contributed by atoms with van der Waals surface area (Å²) in [6, 6.07) is 23.3. The molecule has 0 saturated carbocycles. The number of anilines is 2. The third kappa shape index (κ3) is 3.27. The standard InChI is InChI=1S/C24H23N/c1-5-18(3)23-14-10-11-20-15-16-22(17-24(20)23)25(19(4)6-2)21-12-8-7-9-13-21/h5-17H,1,3H2,2,4H3. The number of allylic oxidation sites excluding steroid dienone is 4. The quantitative estimate of drug-likeness (QED) is 0.452. The van der Waals surface area contributed by atoms with E-state index in [0.29, 0.717) is 0 Å². The topological polar surface area (TPSA) is 3.24 Å². The van der Waals surface area contributed by atoms with E-state index in [1.807, 2.05) is 12.1 Å². The van der Waals surface area contributed by atoms with Crippen LogP contribution in [0.15, 0.2) is 97.7 Å². The van der Waals surface area contributed by atoms with Gasteiger partial charge in [0, 0.05) is 17.1 Å². The lowest BCUT2D eigenvalue weighted by Gasteiger charge is -2.26. The fourth-order valence-electron chi connectivity index (χ4n) is 3.05. The minimum atomic E-state index is 0.941. The van der Waals surface area contributed by atoms with E-state index in [1.165, 1.54) is 16.5 Å². The Labute approximate surface area is 150 Å². The summed E-state index contributed by atoms with van der Waals surface area (Å²) in [6.45, 7) is 12.2. The summed E-state index contributed by atoms with van der Waals surface area (Å²) in [5.41, 5.74) is 5.54. The fourth-order valence-corrected chi connectivity index (χ4v) is 3.05. The van der Waals surface area contributed by atoms with Crippen molar-refractivity contribution >= 4 is 27.7 Å². The molecular weight excluding hydrogens is 302 g/mol. The second kappa shape index (κ2) is 7.23. The summed E-state index contributed by atoms with van der Waals surface area (Å²) in [7, 11) is 0. The largest absolute Gasteiger partial charge is 0.315 e. The van der Waals surface area contributed by atoms with Crippen LogP contribution in [0, 0.1) is 0 Å². The lowest BCUT2D eigenvalue weighted by molar-refractivity contribution is 1.15. The third-order valence-electron chi connectivity index (χ3n) is 4.50. The molecule has 3 aromatic carbocycles. The first-order chi connectivity index (χ1) is 12.2. The number of benzene rings is 3. The summed E-state index contributed by atoms with van der Waals surface area (Å²) >= 11 is 0. The fraction of sp³-hybridized carbons (Fsp3) is 0.0833. The predicted octanol–water partition coefficient (Wildman–Crippen LogP) is 7.10. The molecule has 0 amide bonds. The van der Waals surface area contributed by atoms with E-state index in [0.717, 1.165) is 22.5 Å². The molecule has 0 aromatic heterocycles. The smallest absolute Gasteiger partial charge is 0.0464 e. The molecule has 0 aliphatic rings. The van der Waals surface area contributed by atoms with Crippen molar-refractivity contribution in [2.45, 2.75) is 13.8 Å². The number of rotatable bonds is 5. The van der Waals surface area contributed by atoms with Crippen molar-refractivity contribution in [3.63, 3.8) is 0 Å². The van der Waals surface area contributed by atoms with E-state index < -0.39 is 0 Å². The van der Waals surface area contributed by atoms with E-state index in [4.69, 9.17) is 0 Å². The van der Waals surface area contributed by atoms with Gasteiger partial charge >= 0.3 is 0 Å². The Balaban J connectivity index is 2.22. The second-order valence-corrected chi connectivity index (χ2v) is 6.04. The number of hydrogen-bond donors (Lipinski definition) is 0. The minimum Gasteiger partial charge on any atom is -0.315 e. The molecule has 25 heavy (non-hydrogen) atoms. The van der Waals surface area contributed by atoms with Crippen LogP contribution in [0.2, 0.25) is 0 Å². The molecule has 3 aromatic rings. The average molecular weight is 325 g/mol. The van der Waals surface area contributed by atoms with Crippen molar-refractivity contribution in [3.05, 3.63) is 103 Å². The zero-order chi connectivity index (χ0) is 17.8. The molecule has 1 nitrogen and oxygen atoms in total. The van der Waals surface area contributed by atoms with E-state index in [-0.39, 0.29) is 0 Å². The monoisotopic (exact) mass is 325 g/mol. The Bertz CT molecular complexity index is 948. The average Bonchev–Trinajstić information content (AvgIpc) is 2.67. The van der Waals surface area contributed by atoms with Gasteiger partial charge in [0.2, 0.25) is 0 Å². The highest BCUT2D eigenvalue weighted by Crippen LogP contribution is 2.34. The molecule has 0 fully saturated rings. The summed E-state index contributed by atoms with van der Waals surface area (Å²) in [5.74, 6) is 0. The van der Waals surface area contributed by atoms with Crippen molar-refractivity contribution in [1.82, 2.24) is 0 Å². The molecule has 1 heteroatoms. The number of nitrogens with zero attached hydrogens (tertiary/aromatic N) is 1. The highest BCUT2D eigenvalue weighted by Gasteiger charge is 2.12. The maximum atomic E-state index is 4.13. The normalized spacial score (nSPS) is 11.4. The number of para-hydroxylation sites is 1. The van der Waals surface area contributed by atoms with Gasteiger partial charge in [0.1, 0.15) is 0 Å². The van der Waals surface area contributed by atoms with Crippen molar-refractivity contribution in [2.24, 2.45) is 0 Å². The van der Waals surface area contributed by atoms with Gasteiger partial charge in [-0.3, -0.25) is 0 Å². The molecular formula is C24H23N. The van der Waals surface area contributed by atoms with Crippen LogP contribution in [0.3, 0.4) is 0 Å². The van der Waals surface area contributed by atoms with Crippen molar-refractivity contribution in [3.8, 4) is 0 Å². The van der Waals surface area contributed by atoms with Crippen LogP contribution < -0.4 is 4.90 Å². The van der Waals surface area contributed by atoms with Crippen LogP contribution in [0.1, 0.15) is 19.4 Å². The highest BCUT2D eigenvalue weighted by atomic mass is 15.1.